The fourth-order valence-electron chi connectivity index (χ4n) is 4.83. The first-order valence-corrected chi connectivity index (χ1v) is 11.7. The van der Waals surface area contributed by atoms with Gasteiger partial charge < -0.3 is 9.64 Å². The van der Waals surface area contributed by atoms with Gasteiger partial charge >= 0.3 is 0 Å². The van der Waals surface area contributed by atoms with Crippen molar-refractivity contribution in [3.8, 4) is 5.75 Å². The number of ether oxygens (including phenoxy) is 1. The van der Waals surface area contributed by atoms with E-state index in [0.717, 1.165) is 62.5 Å². The molecule has 1 unspecified atom stereocenters. The summed E-state index contributed by atoms with van der Waals surface area (Å²) in [6, 6.07) is 6.98. The number of allylic oxidation sites excluding steroid dienone is 3. The Kier molecular flexibility index (Phi) is 7.36. The number of likely N-dealkylation sites (N-methyl/N-ethyl adjacent to an activating group) is 1. The van der Waals surface area contributed by atoms with Crippen molar-refractivity contribution in [1.82, 2.24) is 9.80 Å². The Morgan fingerprint density at radius 2 is 2.13 bits per heavy atom. The van der Waals surface area contributed by atoms with Crippen LogP contribution in [0.2, 0.25) is 0 Å². The van der Waals surface area contributed by atoms with Crippen LogP contribution in [0, 0.1) is 6.92 Å². The van der Waals surface area contributed by atoms with E-state index in [4.69, 9.17) is 9.73 Å². The predicted molar refractivity (Wildman–Crippen MR) is 133 cm³/mol. The molecular weight excluding hydrogens is 384 g/mol. The Balaban J connectivity index is 0.00000289. The molecule has 0 aromatic heterocycles. The van der Waals surface area contributed by atoms with Crippen LogP contribution >= 0.6 is 0 Å². The summed E-state index contributed by atoms with van der Waals surface area (Å²) in [7, 11) is 4.07. The molecule has 0 aliphatic carbocycles. The Hall–Kier alpha value is -2.24. The first kappa shape index (κ1) is 22.0. The van der Waals surface area contributed by atoms with E-state index in [1.54, 1.807) is 0 Å². The molecule has 1 fully saturated rings. The van der Waals surface area contributed by atoms with Gasteiger partial charge in [-0.25, -0.2) is 0 Å². The predicted octanol–water partition coefficient (Wildman–Crippen LogP) is 4.62. The maximum atomic E-state index is 6.25. The molecular formula is C26H38N4O. The average Bonchev–Trinajstić information content (AvgIpc) is 2.77. The molecule has 0 radical (unpaired) electrons. The van der Waals surface area contributed by atoms with Crippen molar-refractivity contribution in [2.45, 2.75) is 45.1 Å². The molecule has 3 aliphatic rings. The van der Waals surface area contributed by atoms with E-state index >= 15 is 0 Å². The number of aliphatic imine (C=N–C) groups is 2. The maximum absolute atomic E-state index is 6.25. The molecule has 5 heteroatoms. The number of fused-ring (bicyclic) bond motifs is 4. The second-order valence-corrected chi connectivity index (χ2v) is 8.98. The first-order valence-electron chi connectivity index (χ1n) is 11.7. The number of rotatable bonds is 1. The fourth-order valence-corrected chi connectivity index (χ4v) is 4.83. The molecule has 168 valence electrons. The molecule has 0 N–H and O–H groups in total. The molecule has 5 nitrogen and oxygen atoms in total. The molecule has 4 rings (SSSR count). The van der Waals surface area contributed by atoms with Crippen molar-refractivity contribution in [3.05, 3.63) is 47.2 Å². The molecule has 0 amide bonds. The summed E-state index contributed by atoms with van der Waals surface area (Å²) < 4.78 is 6.25. The highest BCUT2D eigenvalue weighted by Crippen LogP contribution is 2.29. The minimum atomic E-state index is 0. The molecule has 3 aliphatic heterocycles. The minimum Gasteiger partial charge on any atom is -0.494 e. The molecule has 4 bridgehead atoms. The highest BCUT2D eigenvalue weighted by molar-refractivity contribution is 6.12. The van der Waals surface area contributed by atoms with E-state index in [-0.39, 0.29) is 1.43 Å². The van der Waals surface area contributed by atoms with Crippen molar-refractivity contribution in [3.63, 3.8) is 0 Å². The van der Waals surface area contributed by atoms with Crippen molar-refractivity contribution < 1.29 is 6.16 Å². The van der Waals surface area contributed by atoms with Gasteiger partial charge in [0.1, 0.15) is 5.75 Å². The molecule has 1 saturated heterocycles. The van der Waals surface area contributed by atoms with Gasteiger partial charge in [0.05, 0.1) is 12.3 Å². The summed E-state index contributed by atoms with van der Waals surface area (Å²) in [5.41, 5.74) is 5.80. The van der Waals surface area contributed by atoms with Crippen molar-refractivity contribution in [1.29, 1.82) is 0 Å². The van der Waals surface area contributed by atoms with E-state index in [2.05, 4.69) is 59.1 Å². The Morgan fingerprint density at radius 1 is 1.23 bits per heavy atom. The third kappa shape index (κ3) is 5.52. The highest BCUT2D eigenvalue weighted by atomic mass is 16.5. The van der Waals surface area contributed by atoms with E-state index in [9.17, 15) is 0 Å². The van der Waals surface area contributed by atoms with Gasteiger partial charge in [0, 0.05) is 58.1 Å². The Labute approximate surface area is 188 Å². The van der Waals surface area contributed by atoms with Crippen molar-refractivity contribution >= 4 is 17.5 Å². The van der Waals surface area contributed by atoms with Crippen LogP contribution in [-0.2, 0) is 0 Å². The standard InChI is InChI=1S/C26H36N4O.H2/c1-20-10-11-23-17-24(20)25(18-27-2)26-9-6-8-21(28-26)7-4-5-13-30-15-14-29(3)19-22(30)12-16-31-23;/h6,8,10-11,17-18,22H,4-5,7,9,12-16,19H2,1-3H3;1H/b26-25-,27-18?;. The van der Waals surface area contributed by atoms with E-state index in [0.29, 0.717) is 6.04 Å². The molecule has 0 saturated carbocycles. The second-order valence-electron chi connectivity index (χ2n) is 8.98. The summed E-state index contributed by atoms with van der Waals surface area (Å²) in [5, 5.41) is 0. The summed E-state index contributed by atoms with van der Waals surface area (Å²) in [5.74, 6) is 0.932. The minimum absolute atomic E-state index is 0. The normalized spacial score (nSPS) is 26.4. The molecule has 3 heterocycles. The van der Waals surface area contributed by atoms with Crippen LogP contribution in [0.5, 0.6) is 5.75 Å². The van der Waals surface area contributed by atoms with E-state index < -0.39 is 0 Å². The van der Waals surface area contributed by atoms with E-state index in [1.165, 1.54) is 36.2 Å². The fraction of sp³-hybridized carbons (Fsp3) is 0.538. The highest BCUT2D eigenvalue weighted by Gasteiger charge is 2.25. The van der Waals surface area contributed by atoms with Gasteiger partial charge in [-0.3, -0.25) is 14.9 Å². The van der Waals surface area contributed by atoms with Crippen LogP contribution in [0.3, 0.4) is 0 Å². The zero-order valence-corrected chi connectivity index (χ0v) is 19.3. The van der Waals surface area contributed by atoms with Crippen LogP contribution in [0.15, 0.2) is 46.0 Å². The Morgan fingerprint density at radius 3 is 3.00 bits per heavy atom. The SMILES string of the molecule is CN=C/C1=C2\CC=CC(=N2)CCCCN2CCN(C)CC2CCOc2ccc(C)c1c2.[HH]. The number of hydrogen-bond acceptors (Lipinski definition) is 5. The lowest BCUT2D eigenvalue weighted by Crippen LogP contribution is -2.52. The molecule has 1 atom stereocenters. The van der Waals surface area contributed by atoms with Gasteiger partial charge in [-0.1, -0.05) is 12.1 Å². The number of nitrogens with zero attached hydrogens (tertiary/aromatic N) is 4. The second kappa shape index (κ2) is 10.4. The third-order valence-corrected chi connectivity index (χ3v) is 6.62. The van der Waals surface area contributed by atoms with Crippen LogP contribution in [0.25, 0.3) is 5.57 Å². The average molecular weight is 423 g/mol. The van der Waals surface area contributed by atoms with Gasteiger partial charge in [-0.05, 0) is 75.5 Å². The lowest BCUT2D eigenvalue weighted by atomic mass is 9.96. The lowest BCUT2D eigenvalue weighted by Gasteiger charge is -2.40. The van der Waals surface area contributed by atoms with Crippen LogP contribution in [0.4, 0.5) is 0 Å². The third-order valence-electron chi connectivity index (χ3n) is 6.62. The maximum Gasteiger partial charge on any atom is 0.119 e. The van der Waals surface area contributed by atoms with Crippen LogP contribution < -0.4 is 4.74 Å². The van der Waals surface area contributed by atoms with Gasteiger partial charge in [-0.15, -0.1) is 0 Å². The van der Waals surface area contributed by atoms with Crippen LogP contribution in [-0.4, -0.2) is 74.6 Å². The van der Waals surface area contributed by atoms with Crippen molar-refractivity contribution in [2.24, 2.45) is 9.98 Å². The zero-order valence-electron chi connectivity index (χ0n) is 19.3. The van der Waals surface area contributed by atoms with Crippen molar-refractivity contribution in [2.75, 3.05) is 46.9 Å². The summed E-state index contributed by atoms with van der Waals surface area (Å²) in [6.07, 6.45) is 11.8. The summed E-state index contributed by atoms with van der Waals surface area (Å²) in [6.45, 7) is 7.51. The summed E-state index contributed by atoms with van der Waals surface area (Å²) >= 11 is 0. The van der Waals surface area contributed by atoms with Gasteiger partial charge in [0.15, 0.2) is 0 Å². The number of aryl methyl sites for hydroxylation is 1. The topological polar surface area (TPSA) is 40.4 Å². The Bertz CT molecular complexity index is 905. The first-order chi connectivity index (χ1) is 15.1. The quantitative estimate of drug-likeness (QED) is 0.620. The largest absolute Gasteiger partial charge is 0.494 e. The lowest BCUT2D eigenvalue weighted by molar-refractivity contribution is 0.0739. The zero-order chi connectivity index (χ0) is 21.6. The van der Waals surface area contributed by atoms with Gasteiger partial charge in [0.25, 0.3) is 0 Å². The van der Waals surface area contributed by atoms with Gasteiger partial charge in [-0.2, -0.15) is 0 Å². The van der Waals surface area contributed by atoms with Crippen LogP contribution in [0.1, 0.15) is 44.7 Å². The smallest absolute Gasteiger partial charge is 0.119 e. The van der Waals surface area contributed by atoms with E-state index in [1.807, 2.05) is 13.3 Å². The van der Waals surface area contributed by atoms with Gasteiger partial charge in [0.2, 0.25) is 0 Å². The summed E-state index contributed by atoms with van der Waals surface area (Å²) in [4.78, 5) is 14.5. The molecule has 0 spiro atoms. The molecule has 1 aromatic carbocycles. The number of hydrogen-bond donors (Lipinski definition) is 0. The number of piperazine rings is 1. The molecule has 1 aromatic rings. The molecule has 31 heavy (non-hydrogen) atoms. The monoisotopic (exact) mass is 422 g/mol. The number of benzene rings is 1. The number of dihydropyridines is 1.